The Bertz CT molecular complexity index is 1040. The van der Waals surface area contributed by atoms with Gasteiger partial charge in [0.1, 0.15) is 17.5 Å². The first kappa shape index (κ1) is 19.7. The highest BCUT2D eigenvalue weighted by molar-refractivity contribution is 7.09. The minimum Gasteiger partial charge on any atom is -0.494 e. The maximum Gasteiger partial charge on any atom is 0.320 e. The van der Waals surface area contributed by atoms with Gasteiger partial charge in [-0.3, -0.25) is 14.6 Å². The van der Waals surface area contributed by atoms with Crippen molar-refractivity contribution >= 4 is 17.3 Å². The van der Waals surface area contributed by atoms with Crippen LogP contribution in [0.5, 0.6) is 17.4 Å². The van der Waals surface area contributed by atoms with Crippen molar-refractivity contribution in [2.24, 2.45) is 5.73 Å². The number of thiazole rings is 1. The molecule has 1 heterocycles. The average molecular weight is 400 g/mol. The quantitative estimate of drug-likeness (QED) is 0.483. The van der Waals surface area contributed by atoms with Crippen molar-refractivity contribution in [1.29, 1.82) is 0 Å². The van der Waals surface area contributed by atoms with Crippen LogP contribution in [0.2, 0.25) is 0 Å². The van der Waals surface area contributed by atoms with Gasteiger partial charge in [-0.05, 0) is 54.3 Å². The lowest BCUT2D eigenvalue weighted by molar-refractivity contribution is -0.138. The number of carboxylic acid groups (broad SMARTS) is 1. The number of carbonyl (C=O) groups is 1. The summed E-state index contributed by atoms with van der Waals surface area (Å²) < 4.78 is 5.85. The summed E-state index contributed by atoms with van der Waals surface area (Å²) in [5, 5.41) is 18.6. The number of aryl methyl sites for hydroxylation is 1. The van der Waals surface area contributed by atoms with Crippen LogP contribution in [0.4, 0.5) is 0 Å². The molecule has 0 radical (unpaired) electrons. The van der Waals surface area contributed by atoms with Gasteiger partial charge in [-0.15, -0.1) is 0 Å². The summed E-state index contributed by atoms with van der Waals surface area (Å²) in [6.07, 6.45) is 0.710. The molecule has 7 nitrogen and oxygen atoms in total. The Balaban J connectivity index is 1.67. The fourth-order valence-electron chi connectivity index (χ4n) is 2.75. The number of ether oxygens (including phenoxy) is 1. The van der Waals surface area contributed by atoms with Gasteiger partial charge in [0.15, 0.2) is 0 Å². The van der Waals surface area contributed by atoms with Gasteiger partial charge in [0.25, 0.3) is 0 Å². The molecular weight excluding hydrogens is 380 g/mol. The molecule has 0 saturated carbocycles. The van der Waals surface area contributed by atoms with E-state index >= 15 is 0 Å². The van der Waals surface area contributed by atoms with Crippen molar-refractivity contribution < 1.29 is 19.7 Å². The number of H-pyrrole nitrogens is 1. The highest BCUT2D eigenvalue weighted by Crippen LogP contribution is 2.26. The molecule has 0 aliphatic heterocycles. The lowest BCUT2D eigenvalue weighted by atomic mass is 10.0. The maximum atomic E-state index is 11.2. The number of hydrogen-bond acceptors (Lipinski definition) is 6. The largest absolute Gasteiger partial charge is 0.494 e. The molecule has 8 heteroatoms. The summed E-state index contributed by atoms with van der Waals surface area (Å²) >= 11 is 0.987. The molecule has 1 atom stereocenters. The molecule has 0 fully saturated rings. The van der Waals surface area contributed by atoms with Crippen LogP contribution >= 0.6 is 11.3 Å². The molecule has 0 aliphatic carbocycles. The van der Waals surface area contributed by atoms with Gasteiger partial charge in [0.05, 0.1) is 4.88 Å². The predicted molar refractivity (Wildman–Crippen MR) is 106 cm³/mol. The van der Waals surface area contributed by atoms with E-state index in [-0.39, 0.29) is 17.2 Å². The number of hydrogen-bond donors (Lipinski definition) is 4. The molecule has 0 aliphatic rings. The molecule has 1 aromatic heterocycles. The van der Waals surface area contributed by atoms with E-state index in [2.05, 4.69) is 4.98 Å². The smallest absolute Gasteiger partial charge is 0.320 e. The molecule has 0 saturated heterocycles. The number of aromatic nitrogens is 1. The summed E-state index contributed by atoms with van der Waals surface area (Å²) in [6.45, 7) is 1.88. The Kier molecular flexibility index (Phi) is 5.81. The number of aromatic amines is 1. The Labute approximate surface area is 165 Å². The van der Waals surface area contributed by atoms with Crippen LogP contribution in [0.3, 0.4) is 0 Å². The number of benzene rings is 2. The zero-order chi connectivity index (χ0) is 20.3. The standard InChI is InChI=1S/C20H20N2O5S/c1-11-8-15(7-4-13(11)10-16(21)19(24)25)27-14-5-2-12(3-6-14)9-17-18(23)22-20(26)28-17/h2-8,16,23H,9-10,21H2,1H3,(H,22,26)(H,24,25). The van der Waals surface area contributed by atoms with Gasteiger partial charge in [0.2, 0.25) is 5.88 Å². The molecule has 5 N–H and O–H groups in total. The van der Waals surface area contributed by atoms with E-state index in [1.807, 2.05) is 43.3 Å². The third-order valence-electron chi connectivity index (χ3n) is 4.30. The fourth-order valence-corrected chi connectivity index (χ4v) is 3.51. The van der Waals surface area contributed by atoms with Crippen molar-refractivity contribution in [2.75, 3.05) is 0 Å². The van der Waals surface area contributed by atoms with Crippen molar-refractivity contribution in [1.82, 2.24) is 4.98 Å². The average Bonchev–Trinajstić information content (AvgIpc) is 2.96. The molecule has 146 valence electrons. The summed E-state index contributed by atoms with van der Waals surface area (Å²) in [7, 11) is 0. The monoisotopic (exact) mass is 400 g/mol. The third-order valence-corrected chi connectivity index (χ3v) is 5.17. The number of rotatable bonds is 7. The van der Waals surface area contributed by atoms with Crippen LogP contribution in [-0.4, -0.2) is 27.2 Å². The lowest BCUT2D eigenvalue weighted by Gasteiger charge is -2.12. The maximum absolute atomic E-state index is 11.2. The van der Waals surface area contributed by atoms with Gasteiger partial charge >= 0.3 is 10.8 Å². The number of nitrogens with one attached hydrogen (secondary N) is 1. The van der Waals surface area contributed by atoms with Crippen LogP contribution in [0.1, 0.15) is 21.6 Å². The number of aliphatic carboxylic acids is 1. The zero-order valence-electron chi connectivity index (χ0n) is 15.1. The molecule has 0 spiro atoms. The minimum atomic E-state index is -1.03. The van der Waals surface area contributed by atoms with E-state index in [0.717, 1.165) is 28.0 Å². The lowest BCUT2D eigenvalue weighted by Crippen LogP contribution is -2.32. The van der Waals surface area contributed by atoms with E-state index < -0.39 is 12.0 Å². The minimum absolute atomic E-state index is 0.0893. The van der Waals surface area contributed by atoms with Gasteiger partial charge in [-0.25, -0.2) is 0 Å². The van der Waals surface area contributed by atoms with E-state index in [9.17, 15) is 14.7 Å². The summed E-state index contributed by atoms with van der Waals surface area (Å²) in [4.78, 5) is 24.8. The first-order valence-corrected chi connectivity index (χ1v) is 9.39. The normalized spacial score (nSPS) is 11.9. The van der Waals surface area contributed by atoms with Crippen molar-refractivity contribution in [3.63, 3.8) is 0 Å². The molecule has 2 aromatic carbocycles. The van der Waals surface area contributed by atoms with Crippen molar-refractivity contribution in [3.8, 4) is 17.4 Å². The Morgan fingerprint density at radius 1 is 1.21 bits per heavy atom. The van der Waals surface area contributed by atoms with Crippen LogP contribution in [0.25, 0.3) is 0 Å². The van der Waals surface area contributed by atoms with Gasteiger partial charge in [-0.1, -0.05) is 29.5 Å². The van der Waals surface area contributed by atoms with E-state index in [1.54, 1.807) is 6.07 Å². The second-order valence-electron chi connectivity index (χ2n) is 6.45. The fraction of sp³-hybridized carbons (Fsp3) is 0.200. The number of nitrogens with two attached hydrogens (primary N) is 1. The van der Waals surface area contributed by atoms with Gasteiger partial charge in [-0.2, -0.15) is 0 Å². The Morgan fingerprint density at radius 3 is 2.46 bits per heavy atom. The molecule has 28 heavy (non-hydrogen) atoms. The highest BCUT2D eigenvalue weighted by atomic mass is 32.1. The third kappa shape index (κ3) is 4.79. The topological polar surface area (TPSA) is 126 Å². The van der Waals surface area contributed by atoms with Crippen molar-refractivity contribution in [3.05, 3.63) is 73.7 Å². The second-order valence-corrected chi connectivity index (χ2v) is 7.51. The molecule has 3 aromatic rings. The molecule has 0 amide bonds. The summed E-state index contributed by atoms with van der Waals surface area (Å²) in [5.41, 5.74) is 8.30. The Morgan fingerprint density at radius 2 is 1.89 bits per heavy atom. The van der Waals surface area contributed by atoms with Crippen LogP contribution in [0.15, 0.2) is 47.3 Å². The summed E-state index contributed by atoms with van der Waals surface area (Å²) in [6, 6.07) is 11.9. The molecule has 0 bridgehead atoms. The molecule has 1 unspecified atom stereocenters. The molecule has 3 rings (SSSR count). The number of carboxylic acids is 1. The van der Waals surface area contributed by atoms with Crippen molar-refractivity contribution in [2.45, 2.75) is 25.8 Å². The van der Waals surface area contributed by atoms with Gasteiger partial charge < -0.3 is 20.7 Å². The summed E-state index contributed by atoms with van der Waals surface area (Å²) in [5.74, 6) is 0.164. The second kappa shape index (κ2) is 8.28. The molecular formula is C20H20N2O5S. The van der Waals surface area contributed by atoms with E-state index in [1.165, 1.54) is 0 Å². The Hall–Kier alpha value is -3.10. The van der Waals surface area contributed by atoms with Crippen LogP contribution in [-0.2, 0) is 17.6 Å². The van der Waals surface area contributed by atoms with Gasteiger partial charge in [0, 0.05) is 6.42 Å². The van der Waals surface area contributed by atoms with Crippen LogP contribution in [0, 0.1) is 6.92 Å². The SMILES string of the molecule is Cc1cc(Oc2ccc(Cc3sc(=O)[nH]c3O)cc2)ccc1CC(N)C(=O)O. The predicted octanol–water partition coefficient (Wildman–Crippen LogP) is 2.79. The van der Waals surface area contributed by atoms with E-state index in [4.69, 9.17) is 15.6 Å². The van der Waals surface area contributed by atoms with E-state index in [0.29, 0.717) is 22.8 Å². The first-order chi connectivity index (χ1) is 13.3. The zero-order valence-corrected chi connectivity index (χ0v) is 16.0. The number of aromatic hydroxyl groups is 1. The van der Waals surface area contributed by atoms with Crippen LogP contribution < -0.4 is 15.3 Å². The first-order valence-electron chi connectivity index (χ1n) is 8.57. The highest BCUT2D eigenvalue weighted by Gasteiger charge is 2.14.